The molecule has 0 saturated carbocycles. The van der Waals surface area contributed by atoms with Crippen LogP contribution >= 0.6 is 22.6 Å². The fourth-order valence-corrected chi connectivity index (χ4v) is 2.38. The quantitative estimate of drug-likeness (QED) is 0.505. The van der Waals surface area contributed by atoms with Crippen LogP contribution in [0, 0.1) is 0 Å². The van der Waals surface area contributed by atoms with Gasteiger partial charge in [-0.25, -0.2) is 0 Å². The van der Waals surface area contributed by atoms with Gasteiger partial charge in [-0.05, 0) is 30.4 Å². The van der Waals surface area contributed by atoms with Gasteiger partial charge in [0.2, 0.25) is 0 Å². The zero-order valence-corrected chi connectivity index (χ0v) is 9.70. The van der Waals surface area contributed by atoms with Crippen LogP contribution in [0.4, 0.5) is 0 Å². The fourth-order valence-electron chi connectivity index (χ4n) is 1.70. The zero-order valence-electron chi connectivity index (χ0n) is 7.54. The standard InChI is InChI=1S/C12H13I/c13-12-8-4-7-11(9-12)10-5-2-1-3-6-10/h1-2,4-5,7,9,12H,3,6,8H2. The second-order valence-electron chi connectivity index (χ2n) is 3.43. The first-order valence-corrected chi connectivity index (χ1v) is 5.99. The van der Waals surface area contributed by atoms with E-state index >= 15 is 0 Å². The van der Waals surface area contributed by atoms with E-state index in [0.717, 1.165) is 0 Å². The molecule has 0 aromatic carbocycles. The molecule has 68 valence electrons. The van der Waals surface area contributed by atoms with Crippen molar-refractivity contribution in [2.45, 2.75) is 23.2 Å². The smallest absolute Gasteiger partial charge is 0.0332 e. The lowest BCUT2D eigenvalue weighted by Gasteiger charge is -2.15. The maximum Gasteiger partial charge on any atom is 0.0332 e. The molecular formula is C12H13I. The Balaban J connectivity index is 2.20. The normalized spacial score (nSPS) is 27.0. The van der Waals surface area contributed by atoms with Crippen molar-refractivity contribution in [3.05, 3.63) is 47.6 Å². The number of rotatable bonds is 1. The molecule has 2 aliphatic rings. The third-order valence-corrected chi connectivity index (χ3v) is 3.27. The van der Waals surface area contributed by atoms with E-state index in [1.807, 2.05) is 0 Å². The van der Waals surface area contributed by atoms with Crippen molar-refractivity contribution in [1.82, 2.24) is 0 Å². The topological polar surface area (TPSA) is 0 Å². The monoisotopic (exact) mass is 284 g/mol. The van der Waals surface area contributed by atoms with Crippen molar-refractivity contribution >= 4 is 22.6 Å². The lowest BCUT2D eigenvalue weighted by Crippen LogP contribution is -2.00. The molecule has 0 nitrogen and oxygen atoms in total. The summed E-state index contributed by atoms with van der Waals surface area (Å²) in [4.78, 5) is 0. The molecule has 0 bridgehead atoms. The molecule has 0 N–H and O–H groups in total. The van der Waals surface area contributed by atoms with Crippen LogP contribution in [-0.2, 0) is 0 Å². The van der Waals surface area contributed by atoms with E-state index in [9.17, 15) is 0 Å². The number of allylic oxidation sites excluding steroid dienone is 8. The Morgan fingerprint density at radius 3 is 2.92 bits per heavy atom. The minimum atomic E-state index is 0.685. The van der Waals surface area contributed by atoms with Gasteiger partial charge in [0, 0.05) is 3.92 Å². The largest absolute Gasteiger partial charge is 0.0842 e. The second-order valence-corrected chi connectivity index (χ2v) is 5.03. The average molecular weight is 284 g/mol. The van der Waals surface area contributed by atoms with Gasteiger partial charge in [0.05, 0.1) is 0 Å². The van der Waals surface area contributed by atoms with Crippen molar-refractivity contribution in [3.8, 4) is 0 Å². The van der Waals surface area contributed by atoms with Crippen molar-refractivity contribution in [2.24, 2.45) is 0 Å². The van der Waals surface area contributed by atoms with Gasteiger partial charge in [0.15, 0.2) is 0 Å². The van der Waals surface area contributed by atoms with E-state index in [4.69, 9.17) is 0 Å². The van der Waals surface area contributed by atoms with E-state index < -0.39 is 0 Å². The van der Waals surface area contributed by atoms with Crippen molar-refractivity contribution in [3.63, 3.8) is 0 Å². The zero-order chi connectivity index (χ0) is 9.10. The van der Waals surface area contributed by atoms with Gasteiger partial charge in [0.1, 0.15) is 0 Å². The molecule has 13 heavy (non-hydrogen) atoms. The first kappa shape index (κ1) is 9.25. The number of alkyl halides is 1. The predicted molar refractivity (Wildman–Crippen MR) is 66.1 cm³/mol. The Bertz CT molecular complexity index is 305. The predicted octanol–water partition coefficient (Wildman–Crippen LogP) is 3.95. The summed E-state index contributed by atoms with van der Waals surface area (Å²) in [6.07, 6.45) is 17.2. The molecule has 0 aromatic rings. The summed E-state index contributed by atoms with van der Waals surface area (Å²) in [7, 11) is 0. The summed E-state index contributed by atoms with van der Waals surface area (Å²) in [5.74, 6) is 0. The molecule has 0 amide bonds. The lowest BCUT2D eigenvalue weighted by molar-refractivity contribution is 0.963. The average Bonchev–Trinajstić information content (AvgIpc) is 2.19. The van der Waals surface area contributed by atoms with E-state index in [0.29, 0.717) is 3.92 Å². The van der Waals surface area contributed by atoms with Crippen LogP contribution in [0.15, 0.2) is 47.6 Å². The van der Waals surface area contributed by atoms with E-state index in [1.165, 1.54) is 30.4 Å². The van der Waals surface area contributed by atoms with Gasteiger partial charge in [-0.1, -0.05) is 59.0 Å². The van der Waals surface area contributed by atoms with E-state index in [-0.39, 0.29) is 0 Å². The Labute approximate surface area is 93.2 Å². The second kappa shape index (κ2) is 4.27. The van der Waals surface area contributed by atoms with E-state index in [1.54, 1.807) is 0 Å². The maximum atomic E-state index is 2.50. The van der Waals surface area contributed by atoms with Gasteiger partial charge in [-0.2, -0.15) is 0 Å². The molecule has 0 radical (unpaired) electrons. The Kier molecular flexibility index (Phi) is 3.04. The fraction of sp³-hybridized carbons (Fsp3) is 0.333. The maximum absolute atomic E-state index is 2.50. The Morgan fingerprint density at radius 1 is 1.31 bits per heavy atom. The van der Waals surface area contributed by atoms with Crippen molar-refractivity contribution in [2.75, 3.05) is 0 Å². The highest BCUT2D eigenvalue weighted by atomic mass is 127. The van der Waals surface area contributed by atoms with Crippen molar-refractivity contribution < 1.29 is 0 Å². The summed E-state index contributed by atoms with van der Waals surface area (Å²) in [5.41, 5.74) is 2.94. The molecule has 2 rings (SSSR count). The summed E-state index contributed by atoms with van der Waals surface area (Å²) < 4.78 is 0.685. The van der Waals surface area contributed by atoms with E-state index in [2.05, 4.69) is 59.0 Å². The van der Waals surface area contributed by atoms with Crippen LogP contribution in [0.3, 0.4) is 0 Å². The van der Waals surface area contributed by atoms with Gasteiger partial charge in [-0.15, -0.1) is 0 Å². The van der Waals surface area contributed by atoms with Crippen LogP contribution in [0.2, 0.25) is 0 Å². The molecule has 0 aromatic heterocycles. The molecule has 0 fully saturated rings. The lowest BCUT2D eigenvalue weighted by atomic mass is 9.93. The molecular weight excluding hydrogens is 271 g/mol. The summed E-state index contributed by atoms with van der Waals surface area (Å²) in [5, 5.41) is 0. The highest BCUT2D eigenvalue weighted by molar-refractivity contribution is 14.1. The molecule has 0 heterocycles. The molecule has 2 aliphatic carbocycles. The Morgan fingerprint density at radius 2 is 2.23 bits per heavy atom. The highest BCUT2D eigenvalue weighted by Crippen LogP contribution is 2.26. The molecule has 0 aliphatic heterocycles. The van der Waals surface area contributed by atoms with Gasteiger partial charge >= 0.3 is 0 Å². The Hall–Kier alpha value is -0.310. The third-order valence-electron chi connectivity index (χ3n) is 2.40. The van der Waals surface area contributed by atoms with Crippen LogP contribution in [0.1, 0.15) is 19.3 Å². The first-order valence-electron chi connectivity index (χ1n) is 4.75. The van der Waals surface area contributed by atoms with Gasteiger partial charge in [0.25, 0.3) is 0 Å². The molecule has 0 spiro atoms. The van der Waals surface area contributed by atoms with Gasteiger partial charge in [-0.3, -0.25) is 0 Å². The molecule has 0 saturated heterocycles. The molecule has 1 atom stereocenters. The highest BCUT2D eigenvalue weighted by Gasteiger charge is 2.09. The SMILES string of the molecule is IC1C=C(C2=CC=CCC2)C=CC1. The van der Waals surface area contributed by atoms with Crippen molar-refractivity contribution in [1.29, 1.82) is 0 Å². The first-order chi connectivity index (χ1) is 6.36. The summed E-state index contributed by atoms with van der Waals surface area (Å²) >= 11 is 2.50. The van der Waals surface area contributed by atoms with Crippen LogP contribution in [-0.4, -0.2) is 3.92 Å². The summed E-state index contributed by atoms with van der Waals surface area (Å²) in [6.45, 7) is 0. The minimum absolute atomic E-state index is 0.685. The minimum Gasteiger partial charge on any atom is -0.0842 e. The van der Waals surface area contributed by atoms with Gasteiger partial charge < -0.3 is 0 Å². The van der Waals surface area contributed by atoms with Crippen LogP contribution < -0.4 is 0 Å². The number of halogens is 1. The number of hydrogen-bond donors (Lipinski definition) is 0. The molecule has 1 heteroatoms. The van der Waals surface area contributed by atoms with Crippen LogP contribution in [0.5, 0.6) is 0 Å². The number of hydrogen-bond acceptors (Lipinski definition) is 0. The third kappa shape index (κ3) is 2.33. The summed E-state index contributed by atoms with van der Waals surface area (Å²) in [6, 6.07) is 0. The van der Waals surface area contributed by atoms with Crippen LogP contribution in [0.25, 0.3) is 0 Å². The molecule has 1 unspecified atom stereocenters.